The summed E-state index contributed by atoms with van der Waals surface area (Å²) in [7, 11) is 1.70. The molecule has 0 saturated heterocycles. The van der Waals surface area contributed by atoms with Crippen LogP contribution in [0.25, 0.3) is 0 Å². The Bertz CT molecular complexity index is 805. The van der Waals surface area contributed by atoms with E-state index in [-0.39, 0.29) is 36.4 Å². The first-order valence-corrected chi connectivity index (χ1v) is 9.37. The number of nitrogens with zero attached hydrogens (tertiary/aromatic N) is 5. The second-order valence-corrected chi connectivity index (χ2v) is 6.48. The lowest BCUT2D eigenvalue weighted by Gasteiger charge is -2.29. The third kappa shape index (κ3) is 5.66. The van der Waals surface area contributed by atoms with E-state index in [1.54, 1.807) is 13.4 Å². The van der Waals surface area contributed by atoms with Gasteiger partial charge in [-0.05, 0) is 17.5 Å². The molecule has 0 fully saturated rings. The van der Waals surface area contributed by atoms with E-state index in [9.17, 15) is 4.79 Å². The third-order valence-corrected chi connectivity index (χ3v) is 4.77. The van der Waals surface area contributed by atoms with Gasteiger partial charge in [-0.15, -0.1) is 34.2 Å². The molecule has 1 aliphatic heterocycles. The minimum Gasteiger partial charge on any atom is -0.355 e. The van der Waals surface area contributed by atoms with Gasteiger partial charge in [0.2, 0.25) is 5.91 Å². The molecule has 3 rings (SSSR count). The van der Waals surface area contributed by atoms with Crippen LogP contribution in [0.5, 0.6) is 0 Å². The Hall–Kier alpha value is -2.17. The Labute approximate surface area is 182 Å². The minimum absolute atomic E-state index is 0. The van der Waals surface area contributed by atoms with Gasteiger partial charge in [0.1, 0.15) is 12.2 Å². The minimum atomic E-state index is 0. The molecule has 2 aromatic rings. The Morgan fingerprint density at radius 2 is 2.04 bits per heavy atom. The number of carbonyl (C=O) groups excluding carboxylic acids is 1. The van der Waals surface area contributed by atoms with Gasteiger partial charge >= 0.3 is 0 Å². The van der Waals surface area contributed by atoms with Crippen molar-refractivity contribution in [2.75, 3.05) is 26.7 Å². The lowest BCUT2D eigenvalue weighted by molar-refractivity contribution is -0.130. The third-order valence-electron chi connectivity index (χ3n) is 4.77. The van der Waals surface area contributed by atoms with Crippen LogP contribution in [0.15, 0.2) is 35.6 Å². The normalized spacial score (nSPS) is 13.5. The quantitative estimate of drug-likeness (QED) is 0.356. The first-order chi connectivity index (χ1) is 13.2. The largest absolute Gasteiger partial charge is 0.355 e. The van der Waals surface area contributed by atoms with Crippen LogP contribution in [-0.2, 0) is 30.7 Å². The Morgan fingerprint density at radius 1 is 1.25 bits per heavy atom. The van der Waals surface area contributed by atoms with Crippen molar-refractivity contribution < 1.29 is 4.79 Å². The van der Waals surface area contributed by atoms with Crippen LogP contribution in [0.4, 0.5) is 0 Å². The molecule has 0 saturated carbocycles. The number of hydrogen-bond donors (Lipinski definition) is 2. The first kappa shape index (κ1) is 22.1. The van der Waals surface area contributed by atoms with Crippen molar-refractivity contribution in [1.82, 2.24) is 30.3 Å². The number of amides is 1. The zero-order valence-corrected chi connectivity index (χ0v) is 18.7. The highest BCUT2D eigenvalue weighted by Crippen LogP contribution is 2.18. The van der Waals surface area contributed by atoms with Crippen LogP contribution in [-0.4, -0.2) is 58.2 Å². The van der Waals surface area contributed by atoms with Crippen LogP contribution >= 0.6 is 24.0 Å². The van der Waals surface area contributed by atoms with Gasteiger partial charge in [0, 0.05) is 39.6 Å². The smallest absolute Gasteiger partial charge is 0.242 e. The van der Waals surface area contributed by atoms with Crippen LogP contribution in [0.2, 0.25) is 0 Å². The lowest BCUT2D eigenvalue weighted by atomic mass is 10.00. The molecular formula is C19H28IN7O. The number of nitrogens with one attached hydrogen (secondary N) is 2. The number of carbonyl (C=O) groups is 1. The number of halogens is 1. The van der Waals surface area contributed by atoms with Gasteiger partial charge in [-0.1, -0.05) is 31.2 Å². The Kier molecular flexibility index (Phi) is 8.68. The molecule has 0 unspecified atom stereocenters. The fraction of sp³-hybridized carbons (Fsp3) is 0.474. The summed E-state index contributed by atoms with van der Waals surface area (Å²) in [5, 5.41) is 14.3. The average Bonchev–Trinajstić information content (AvgIpc) is 3.17. The number of benzene rings is 1. The summed E-state index contributed by atoms with van der Waals surface area (Å²) < 4.78 is 2.01. The van der Waals surface area contributed by atoms with E-state index in [1.165, 1.54) is 11.1 Å². The van der Waals surface area contributed by atoms with Gasteiger partial charge in [-0.3, -0.25) is 9.79 Å². The van der Waals surface area contributed by atoms with E-state index >= 15 is 0 Å². The van der Waals surface area contributed by atoms with E-state index in [2.05, 4.69) is 50.9 Å². The monoisotopic (exact) mass is 497 g/mol. The SMILES string of the molecule is CCc1nncn1CCNC(=NC)NCC(=O)N1CCc2ccccc2C1.I. The Balaban J connectivity index is 0.00000280. The van der Waals surface area contributed by atoms with Gasteiger partial charge in [0.25, 0.3) is 0 Å². The molecular weight excluding hydrogens is 469 g/mol. The van der Waals surface area contributed by atoms with E-state index in [4.69, 9.17) is 0 Å². The number of aryl methyl sites for hydroxylation is 1. The first-order valence-electron chi connectivity index (χ1n) is 9.37. The molecule has 1 aliphatic rings. The molecule has 8 nitrogen and oxygen atoms in total. The number of hydrogen-bond acceptors (Lipinski definition) is 4. The molecule has 0 bridgehead atoms. The summed E-state index contributed by atoms with van der Waals surface area (Å²) in [6.07, 6.45) is 3.49. The molecule has 0 radical (unpaired) electrons. The van der Waals surface area contributed by atoms with Crippen LogP contribution in [0.1, 0.15) is 23.9 Å². The van der Waals surface area contributed by atoms with Gasteiger partial charge < -0.3 is 20.1 Å². The molecule has 0 aliphatic carbocycles. The van der Waals surface area contributed by atoms with Crippen molar-refractivity contribution in [2.24, 2.45) is 4.99 Å². The summed E-state index contributed by atoms with van der Waals surface area (Å²) in [4.78, 5) is 18.6. The summed E-state index contributed by atoms with van der Waals surface area (Å²) in [5.41, 5.74) is 2.58. The standard InChI is InChI=1S/C19H27N7O.HI/c1-3-17-24-23-14-26(17)11-9-21-19(20-2)22-12-18(27)25-10-8-15-6-4-5-7-16(15)13-25;/h4-7,14H,3,8-13H2,1-2H3,(H2,20,21,22);1H. The van der Waals surface area contributed by atoms with Crippen molar-refractivity contribution >= 4 is 35.8 Å². The number of aliphatic imine (C=N–C) groups is 1. The van der Waals surface area contributed by atoms with Crippen LogP contribution in [0.3, 0.4) is 0 Å². The molecule has 0 atom stereocenters. The van der Waals surface area contributed by atoms with Gasteiger partial charge in [-0.2, -0.15) is 0 Å². The topological polar surface area (TPSA) is 87.4 Å². The summed E-state index contributed by atoms with van der Waals surface area (Å²) in [6.45, 7) is 5.14. The molecule has 1 aromatic heterocycles. The fourth-order valence-corrected chi connectivity index (χ4v) is 3.23. The van der Waals surface area contributed by atoms with Crippen molar-refractivity contribution in [3.8, 4) is 0 Å². The van der Waals surface area contributed by atoms with E-state index < -0.39 is 0 Å². The van der Waals surface area contributed by atoms with E-state index in [0.29, 0.717) is 19.0 Å². The molecule has 2 N–H and O–H groups in total. The molecule has 9 heteroatoms. The highest BCUT2D eigenvalue weighted by molar-refractivity contribution is 14.0. The molecule has 1 aromatic carbocycles. The highest BCUT2D eigenvalue weighted by atomic mass is 127. The van der Waals surface area contributed by atoms with Crippen molar-refractivity contribution in [3.05, 3.63) is 47.5 Å². The second kappa shape index (κ2) is 11.0. The molecule has 152 valence electrons. The number of aromatic nitrogens is 3. The number of rotatable bonds is 6. The van der Waals surface area contributed by atoms with Crippen molar-refractivity contribution in [1.29, 1.82) is 0 Å². The second-order valence-electron chi connectivity index (χ2n) is 6.48. The fourth-order valence-electron chi connectivity index (χ4n) is 3.23. The summed E-state index contributed by atoms with van der Waals surface area (Å²) in [6, 6.07) is 8.31. The van der Waals surface area contributed by atoms with Gasteiger partial charge in [0.15, 0.2) is 5.96 Å². The lowest BCUT2D eigenvalue weighted by Crippen LogP contribution is -2.46. The molecule has 28 heavy (non-hydrogen) atoms. The van der Waals surface area contributed by atoms with Crippen LogP contribution < -0.4 is 10.6 Å². The number of fused-ring (bicyclic) bond motifs is 1. The van der Waals surface area contributed by atoms with Crippen molar-refractivity contribution in [3.63, 3.8) is 0 Å². The maximum Gasteiger partial charge on any atom is 0.242 e. The van der Waals surface area contributed by atoms with E-state index in [0.717, 1.165) is 31.8 Å². The predicted molar refractivity (Wildman–Crippen MR) is 120 cm³/mol. The van der Waals surface area contributed by atoms with E-state index in [1.807, 2.05) is 15.5 Å². The summed E-state index contributed by atoms with van der Waals surface area (Å²) in [5.74, 6) is 1.66. The highest BCUT2D eigenvalue weighted by Gasteiger charge is 2.20. The van der Waals surface area contributed by atoms with Crippen LogP contribution in [0, 0.1) is 0 Å². The summed E-state index contributed by atoms with van der Waals surface area (Å²) >= 11 is 0. The zero-order chi connectivity index (χ0) is 19.1. The van der Waals surface area contributed by atoms with Gasteiger partial charge in [-0.25, -0.2) is 0 Å². The van der Waals surface area contributed by atoms with Gasteiger partial charge in [0.05, 0.1) is 6.54 Å². The molecule has 0 spiro atoms. The maximum absolute atomic E-state index is 12.5. The zero-order valence-electron chi connectivity index (χ0n) is 16.4. The molecule has 2 heterocycles. The number of guanidine groups is 1. The van der Waals surface area contributed by atoms with Crippen molar-refractivity contribution in [2.45, 2.75) is 32.9 Å². The average molecular weight is 497 g/mol. The predicted octanol–water partition coefficient (Wildman–Crippen LogP) is 1.21. The molecule has 1 amide bonds. The Morgan fingerprint density at radius 3 is 2.79 bits per heavy atom. The maximum atomic E-state index is 12.5.